The highest BCUT2D eigenvalue weighted by Crippen LogP contribution is 2.31. The fourth-order valence-electron chi connectivity index (χ4n) is 3.27. The van der Waals surface area contributed by atoms with Crippen LogP contribution in [0.1, 0.15) is 54.3 Å². The first-order valence-corrected chi connectivity index (χ1v) is 8.76. The molecule has 3 rings (SSSR count). The number of ether oxygens (including phenoxy) is 1. The van der Waals surface area contributed by atoms with Gasteiger partial charge in [0.25, 0.3) is 5.91 Å². The van der Waals surface area contributed by atoms with E-state index in [1.54, 1.807) is 18.2 Å². The van der Waals surface area contributed by atoms with E-state index in [2.05, 4.69) is 4.90 Å². The smallest absolute Gasteiger partial charge is 0.284 e. The predicted molar refractivity (Wildman–Crippen MR) is 96.3 cm³/mol. The third kappa shape index (κ3) is 4.14. The average Bonchev–Trinajstić information content (AvgIpc) is 3.00. The van der Waals surface area contributed by atoms with Crippen molar-refractivity contribution in [2.45, 2.75) is 38.8 Å². The highest BCUT2D eigenvalue weighted by atomic mass is 19.1. The molecule has 1 amide bonds. The van der Waals surface area contributed by atoms with Crippen molar-refractivity contribution >= 4 is 5.91 Å². The maximum Gasteiger partial charge on any atom is 0.284 e. The number of halogens is 1. The molecule has 1 atom stereocenters. The molecule has 0 radical (unpaired) electrons. The molecular formula is C20H25FN2O3. The minimum atomic E-state index is -0.562. The number of primary amides is 1. The Hall–Kier alpha value is -2.18. The number of hydrogen-bond donors (Lipinski definition) is 1. The summed E-state index contributed by atoms with van der Waals surface area (Å²) in [6.45, 7) is 8.82. The third-order valence-electron chi connectivity index (χ3n) is 4.52. The Bertz CT molecular complexity index is 777. The molecule has 0 spiro atoms. The van der Waals surface area contributed by atoms with Crippen molar-refractivity contribution in [1.29, 1.82) is 0 Å². The Labute approximate surface area is 152 Å². The number of nitrogens with two attached hydrogens (primary N) is 1. The van der Waals surface area contributed by atoms with Crippen molar-refractivity contribution in [3.63, 3.8) is 0 Å². The van der Waals surface area contributed by atoms with E-state index in [-0.39, 0.29) is 23.1 Å². The number of carbonyl (C=O) groups excluding carboxylic acids is 1. The van der Waals surface area contributed by atoms with Crippen LogP contribution in [0.5, 0.6) is 0 Å². The Kier molecular flexibility index (Phi) is 5.16. The lowest BCUT2D eigenvalue weighted by molar-refractivity contribution is -0.0331. The third-order valence-corrected chi connectivity index (χ3v) is 4.52. The number of nitrogens with zero attached hydrogens (tertiary/aromatic N) is 1. The summed E-state index contributed by atoms with van der Waals surface area (Å²) >= 11 is 0. The molecule has 1 aromatic carbocycles. The highest BCUT2D eigenvalue weighted by molar-refractivity contribution is 5.90. The molecule has 0 unspecified atom stereocenters. The minimum absolute atomic E-state index is 0.107. The molecule has 2 heterocycles. The van der Waals surface area contributed by atoms with Crippen molar-refractivity contribution in [2.24, 2.45) is 5.73 Å². The molecule has 6 heteroatoms. The van der Waals surface area contributed by atoms with Crippen LogP contribution in [-0.2, 0) is 16.7 Å². The van der Waals surface area contributed by atoms with Gasteiger partial charge in [-0.3, -0.25) is 9.69 Å². The molecule has 140 valence electrons. The Morgan fingerprint density at radius 3 is 2.62 bits per heavy atom. The van der Waals surface area contributed by atoms with Gasteiger partial charge in [-0.1, -0.05) is 32.9 Å². The zero-order valence-electron chi connectivity index (χ0n) is 15.4. The lowest BCUT2D eigenvalue weighted by Gasteiger charge is -2.33. The maximum absolute atomic E-state index is 13.1. The van der Waals surface area contributed by atoms with Gasteiger partial charge in [-0.15, -0.1) is 0 Å². The number of hydrogen-bond acceptors (Lipinski definition) is 4. The summed E-state index contributed by atoms with van der Waals surface area (Å²) in [4.78, 5) is 13.8. The first-order valence-electron chi connectivity index (χ1n) is 8.76. The standard InChI is InChI=1S/C20H25FN2O3/c1-20(2,3)18-14(10-16(26-18)19(22)24)11-23-8-9-25-17(12-23)13-4-6-15(21)7-5-13/h4-7,10,17H,8-9,11-12H2,1-3H3,(H2,22,24)/t17-/m1/s1. The van der Waals surface area contributed by atoms with Gasteiger partial charge in [-0.25, -0.2) is 4.39 Å². The van der Waals surface area contributed by atoms with E-state index < -0.39 is 5.91 Å². The van der Waals surface area contributed by atoms with E-state index in [4.69, 9.17) is 14.9 Å². The second-order valence-electron chi connectivity index (χ2n) is 7.73. The van der Waals surface area contributed by atoms with E-state index in [0.717, 1.165) is 23.4 Å². The number of benzene rings is 1. The summed E-state index contributed by atoms with van der Waals surface area (Å²) in [6, 6.07) is 8.15. The molecule has 0 saturated carbocycles. The number of carbonyl (C=O) groups is 1. The molecule has 2 N–H and O–H groups in total. The van der Waals surface area contributed by atoms with Crippen molar-refractivity contribution in [3.8, 4) is 0 Å². The second kappa shape index (κ2) is 7.21. The van der Waals surface area contributed by atoms with Crippen LogP contribution in [0, 0.1) is 5.82 Å². The van der Waals surface area contributed by atoms with Gasteiger partial charge in [0.1, 0.15) is 11.6 Å². The monoisotopic (exact) mass is 360 g/mol. The summed E-state index contributed by atoms with van der Waals surface area (Å²) < 4.78 is 24.7. The number of furan rings is 1. The van der Waals surface area contributed by atoms with Gasteiger partial charge in [0.05, 0.1) is 12.7 Å². The molecule has 1 saturated heterocycles. The van der Waals surface area contributed by atoms with Gasteiger partial charge < -0.3 is 14.9 Å². The zero-order valence-corrected chi connectivity index (χ0v) is 15.4. The number of morpholine rings is 1. The van der Waals surface area contributed by atoms with Gasteiger partial charge in [0.2, 0.25) is 0 Å². The van der Waals surface area contributed by atoms with Gasteiger partial charge in [-0.2, -0.15) is 0 Å². The summed E-state index contributed by atoms with van der Waals surface area (Å²) in [6.07, 6.45) is -0.107. The summed E-state index contributed by atoms with van der Waals surface area (Å²) in [5, 5.41) is 0. The quantitative estimate of drug-likeness (QED) is 0.907. The Morgan fingerprint density at radius 1 is 1.31 bits per heavy atom. The Balaban J connectivity index is 1.78. The molecular weight excluding hydrogens is 335 g/mol. The molecule has 1 aliphatic rings. The lowest BCUT2D eigenvalue weighted by Crippen LogP contribution is -2.38. The molecule has 1 aromatic heterocycles. The number of amides is 1. The van der Waals surface area contributed by atoms with Crippen molar-refractivity contribution < 1.29 is 18.3 Å². The zero-order chi connectivity index (χ0) is 18.9. The van der Waals surface area contributed by atoms with Gasteiger partial charge in [0, 0.05) is 30.6 Å². The average molecular weight is 360 g/mol. The molecule has 2 aromatic rings. The fourth-order valence-corrected chi connectivity index (χ4v) is 3.27. The van der Waals surface area contributed by atoms with Crippen LogP contribution in [0.2, 0.25) is 0 Å². The van der Waals surface area contributed by atoms with E-state index in [0.29, 0.717) is 19.7 Å². The van der Waals surface area contributed by atoms with Gasteiger partial charge in [-0.05, 0) is 23.8 Å². The van der Waals surface area contributed by atoms with Crippen LogP contribution in [0.4, 0.5) is 4.39 Å². The summed E-state index contributed by atoms with van der Waals surface area (Å²) in [7, 11) is 0. The summed E-state index contributed by atoms with van der Waals surface area (Å²) in [5.41, 5.74) is 7.07. The van der Waals surface area contributed by atoms with E-state index in [1.807, 2.05) is 20.8 Å². The fraction of sp³-hybridized carbons (Fsp3) is 0.450. The number of rotatable bonds is 4. The normalized spacial score (nSPS) is 18.8. The molecule has 0 bridgehead atoms. The Morgan fingerprint density at radius 2 is 2.00 bits per heavy atom. The lowest BCUT2D eigenvalue weighted by atomic mass is 9.90. The van der Waals surface area contributed by atoms with Crippen LogP contribution >= 0.6 is 0 Å². The maximum atomic E-state index is 13.1. The van der Waals surface area contributed by atoms with Crippen molar-refractivity contribution in [2.75, 3.05) is 19.7 Å². The van der Waals surface area contributed by atoms with Crippen LogP contribution in [0.15, 0.2) is 34.7 Å². The van der Waals surface area contributed by atoms with Crippen LogP contribution in [-0.4, -0.2) is 30.5 Å². The first-order chi connectivity index (χ1) is 12.2. The topological polar surface area (TPSA) is 68.7 Å². The largest absolute Gasteiger partial charge is 0.455 e. The van der Waals surface area contributed by atoms with Crippen LogP contribution in [0.3, 0.4) is 0 Å². The van der Waals surface area contributed by atoms with Crippen LogP contribution < -0.4 is 5.73 Å². The molecule has 1 fully saturated rings. The van der Waals surface area contributed by atoms with E-state index in [1.165, 1.54) is 12.1 Å². The van der Waals surface area contributed by atoms with Crippen molar-refractivity contribution in [3.05, 3.63) is 58.8 Å². The van der Waals surface area contributed by atoms with E-state index in [9.17, 15) is 9.18 Å². The molecule has 0 aliphatic carbocycles. The van der Waals surface area contributed by atoms with Crippen molar-refractivity contribution in [1.82, 2.24) is 4.90 Å². The molecule has 1 aliphatic heterocycles. The SMILES string of the molecule is CC(C)(C)c1oc(C(N)=O)cc1CN1CCO[C@@H](c2ccc(F)cc2)C1. The predicted octanol–water partition coefficient (Wildman–Crippen LogP) is 3.39. The van der Waals surface area contributed by atoms with Crippen LogP contribution in [0.25, 0.3) is 0 Å². The highest BCUT2D eigenvalue weighted by Gasteiger charge is 2.28. The minimum Gasteiger partial charge on any atom is -0.455 e. The van der Waals surface area contributed by atoms with Gasteiger partial charge in [0.15, 0.2) is 5.76 Å². The molecule has 26 heavy (non-hydrogen) atoms. The molecule has 5 nitrogen and oxygen atoms in total. The second-order valence-corrected chi connectivity index (χ2v) is 7.73. The van der Waals surface area contributed by atoms with Gasteiger partial charge >= 0.3 is 0 Å². The first kappa shape index (κ1) is 18.6. The summed E-state index contributed by atoms with van der Waals surface area (Å²) in [5.74, 6) is 0.144. The van der Waals surface area contributed by atoms with E-state index >= 15 is 0 Å².